The predicted octanol–water partition coefficient (Wildman–Crippen LogP) is 8.18. The molecule has 0 radical (unpaired) electrons. The second-order valence-corrected chi connectivity index (χ2v) is 15.9. The van der Waals surface area contributed by atoms with E-state index in [1.807, 2.05) is 18.2 Å². The van der Waals surface area contributed by atoms with Crippen LogP contribution in [0.2, 0.25) is 10.1 Å². The first-order valence-electron chi connectivity index (χ1n) is 12.1. The molecule has 0 saturated carbocycles. The van der Waals surface area contributed by atoms with Crippen LogP contribution in [-0.4, -0.2) is 17.5 Å². The molecule has 0 fully saturated rings. The molecule has 0 aliphatic rings. The number of pyridine rings is 1. The Morgan fingerprint density at radius 2 is 1.38 bits per heavy atom. The average Bonchev–Trinajstić information content (AvgIpc) is 3.24. The second kappa shape index (κ2) is 10.0. The molecule has 0 amide bonds. The zero-order valence-corrected chi connectivity index (χ0v) is 24.3. The lowest BCUT2D eigenvalue weighted by Crippen LogP contribution is -2.69. The monoisotopic (exact) mass is 588 g/mol. The van der Waals surface area contributed by atoms with Crippen LogP contribution in [0.4, 0.5) is 4.39 Å². The van der Waals surface area contributed by atoms with Gasteiger partial charge < -0.3 is 4.23 Å². The first-order chi connectivity index (χ1) is 17.7. The highest BCUT2D eigenvalue weighted by atomic mass is 79.9. The number of benzene rings is 3. The van der Waals surface area contributed by atoms with Crippen LogP contribution in [-0.2, 0) is 0 Å². The zero-order valence-electron chi connectivity index (χ0n) is 20.9. The molecule has 0 spiro atoms. The first-order valence-corrected chi connectivity index (χ1v) is 15.2. The van der Waals surface area contributed by atoms with Crippen LogP contribution in [0.15, 0.2) is 114 Å². The summed E-state index contributed by atoms with van der Waals surface area (Å²) in [5.41, 5.74) is 3.90. The zero-order chi connectivity index (χ0) is 26.2. The van der Waals surface area contributed by atoms with Gasteiger partial charge in [-0.2, -0.15) is 0 Å². The van der Waals surface area contributed by atoms with E-state index < -0.39 is 14.1 Å². The van der Waals surface area contributed by atoms with Crippen molar-refractivity contribution in [2.45, 2.75) is 25.8 Å². The lowest BCUT2D eigenvalue weighted by Gasteiger charge is -2.46. The molecule has 37 heavy (non-hydrogen) atoms. The minimum Gasteiger partial charge on any atom is -0.364 e. The molecule has 0 aliphatic carbocycles. The van der Waals surface area contributed by atoms with Gasteiger partial charge in [-0.25, -0.2) is 4.39 Å². The largest absolute Gasteiger partial charge is 0.364 e. The molecular formula is C31H27BrClFN2Si. The summed E-state index contributed by atoms with van der Waals surface area (Å²) in [6.45, 7) is 6.96. The van der Waals surface area contributed by atoms with E-state index in [-0.39, 0.29) is 10.1 Å². The molecule has 3 aromatic carbocycles. The third-order valence-corrected chi connectivity index (χ3v) is 13.4. The van der Waals surface area contributed by atoms with Crippen LogP contribution in [0.1, 0.15) is 20.8 Å². The summed E-state index contributed by atoms with van der Waals surface area (Å²) < 4.78 is 17.8. The maximum absolute atomic E-state index is 14.3. The van der Waals surface area contributed by atoms with Gasteiger partial charge in [-0.1, -0.05) is 93.0 Å². The number of rotatable bonds is 5. The van der Waals surface area contributed by atoms with Crippen molar-refractivity contribution in [3.05, 3.63) is 125 Å². The molecular weight excluding hydrogens is 563 g/mol. The number of nitrogens with zero attached hydrogens (tertiary/aromatic N) is 2. The summed E-state index contributed by atoms with van der Waals surface area (Å²) in [5, 5.41) is 2.52. The number of halogens is 3. The van der Waals surface area contributed by atoms with Gasteiger partial charge in [-0.3, -0.25) is 4.98 Å². The van der Waals surface area contributed by atoms with Crippen molar-refractivity contribution >= 4 is 46.1 Å². The molecule has 0 N–H and O–H groups in total. The predicted molar refractivity (Wildman–Crippen MR) is 159 cm³/mol. The Kier molecular flexibility index (Phi) is 6.97. The maximum Gasteiger partial charge on any atom is 0.230 e. The Balaban J connectivity index is 1.99. The van der Waals surface area contributed by atoms with Gasteiger partial charge in [-0.05, 0) is 72.8 Å². The second-order valence-electron chi connectivity index (χ2n) is 10.1. The Labute approximate surface area is 232 Å². The molecule has 0 bridgehead atoms. The van der Waals surface area contributed by atoms with Crippen molar-refractivity contribution < 1.29 is 4.39 Å². The molecule has 186 valence electrons. The highest BCUT2D eigenvalue weighted by Crippen LogP contribution is 2.46. The van der Waals surface area contributed by atoms with Crippen LogP contribution in [0.3, 0.4) is 0 Å². The SMILES string of the molecule is CC(C)(C)[Si](c1ccccc1)(c1ccccc1)n1cc(Br)c(-c2ccncc2)c1-c1ccc(F)c(Cl)c1. The standard InChI is InChI=1S/C31H27BrClFN2Si/c1-31(2,3)37(24-10-6-4-7-11-24,25-12-8-5-9-13-25)36-21-26(32)29(22-16-18-35-19-17-22)30(36)23-14-15-28(34)27(33)20-23/h4-21H,1-3H3. The molecule has 0 atom stereocenters. The summed E-state index contributed by atoms with van der Waals surface area (Å²) in [6, 6.07) is 30.6. The van der Waals surface area contributed by atoms with Crippen LogP contribution in [0.25, 0.3) is 22.4 Å². The molecule has 2 nitrogen and oxygen atoms in total. The quantitative estimate of drug-likeness (QED) is 0.189. The van der Waals surface area contributed by atoms with Crippen molar-refractivity contribution in [3.63, 3.8) is 0 Å². The van der Waals surface area contributed by atoms with Crippen molar-refractivity contribution in [3.8, 4) is 22.4 Å². The molecule has 2 heterocycles. The smallest absolute Gasteiger partial charge is 0.230 e. The number of aromatic nitrogens is 2. The molecule has 2 aromatic heterocycles. The maximum atomic E-state index is 14.3. The van der Waals surface area contributed by atoms with E-state index in [2.05, 4.69) is 113 Å². The van der Waals surface area contributed by atoms with Gasteiger partial charge in [0.1, 0.15) is 5.82 Å². The lowest BCUT2D eigenvalue weighted by atomic mass is 10.0. The van der Waals surface area contributed by atoms with Crippen molar-refractivity contribution in [1.82, 2.24) is 9.22 Å². The minimum atomic E-state index is -2.79. The fourth-order valence-electron chi connectivity index (χ4n) is 5.49. The van der Waals surface area contributed by atoms with E-state index in [1.165, 1.54) is 16.4 Å². The number of hydrogen-bond donors (Lipinski definition) is 0. The molecule has 0 saturated heterocycles. The third-order valence-electron chi connectivity index (χ3n) is 6.95. The van der Waals surface area contributed by atoms with E-state index in [1.54, 1.807) is 18.5 Å². The van der Waals surface area contributed by atoms with Crippen molar-refractivity contribution in [2.24, 2.45) is 0 Å². The average molecular weight is 590 g/mol. The molecule has 0 unspecified atom stereocenters. The topological polar surface area (TPSA) is 17.8 Å². The lowest BCUT2D eigenvalue weighted by molar-refractivity contribution is 0.628. The van der Waals surface area contributed by atoms with Gasteiger partial charge in [0, 0.05) is 34.3 Å². The van der Waals surface area contributed by atoms with Crippen molar-refractivity contribution in [2.75, 3.05) is 0 Å². The van der Waals surface area contributed by atoms with E-state index in [0.29, 0.717) is 0 Å². The third kappa shape index (κ3) is 4.39. The van der Waals surface area contributed by atoms with Crippen molar-refractivity contribution in [1.29, 1.82) is 0 Å². The summed E-state index contributed by atoms with van der Waals surface area (Å²) in [6.07, 6.45) is 5.80. The summed E-state index contributed by atoms with van der Waals surface area (Å²) >= 11 is 10.3. The number of hydrogen-bond acceptors (Lipinski definition) is 1. The fraction of sp³-hybridized carbons (Fsp3) is 0.129. The summed E-state index contributed by atoms with van der Waals surface area (Å²) in [5.74, 6) is -0.432. The van der Waals surface area contributed by atoms with Crippen LogP contribution in [0, 0.1) is 5.82 Å². The van der Waals surface area contributed by atoms with Gasteiger partial charge in [0.05, 0.1) is 5.02 Å². The van der Waals surface area contributed by atoms with Gasteiger partial charge in [-0.15, -0.1) is 0 Å². The van der Waals surface area contributed by atoms with E-state index in [4.69, 9.17) is 11.6 Å². The van der Waals surface area contributed by atoms with E-state index in [9.17, 15) is 4.39 Å². The molecule has 5 aromatic rings. The van der Waals surface area contributed by atoms with Gasteiger partial charge in [0.25, 0.3) is 0 Å². The van der Waals surface area contributed by atoms with Crippen LogP contribution in [0.5, 0.6) is 0 Å². The minimum absolute atomic E-state index is 0.101. The van der Waals surface area contributed by atoms with Gasteiger partial charge in [0.2, 0.25) is 8.24 Å². The summed E-state index contributed by atoms with van der Waals surface area (Å²) in [7, 11) is -2.79. The molecule has 6 heteroatoms. The summed E-state index contributed by atoms with van der Waals surface area (Å²) in [4.78, 5) is 4.23. The first kappa shape index (κ1) is 25.6. The highest BCUT2D eigenvalue weighted by Gasteiger charge is 2.51. The van der Waals surface area contributed by atoms with Gasteiger partial charge >= 0.3 is 0 Å². The Hall–Kier alpha value is -2.99. The van der Waals surface area contributed by atoms with E-state index in [0.717, 1.165) is 26.9 Å². The highest BCUT2D eigenvalue weighted by molar-refractivity contribution is 9.10. The Bertz CT molecular complexity index is 1490. The van der Waals surface area contributed by atoms with Crippen LogP contribution >= 0.6 is 27.5 Å². The van der Waals surface area contributed by atoms with E-state index >= 15 is 0 Å². The van der Waals surface area contributed by atoms with Crippen LogP contribution < -0.4 is 10.4 Å². The Morgan fingerprint density at radius 3 is 1.89 bits per heavy atom. The Morgan fingerprint density at radius 1 is 0.811 bits per heavy atom. The molecule has 5 rings (SSSR count). The van der Waals surface area contributed by atoms with Gasteiger partial charge in [0.15, 0.2) is 0 Å². The normalized spacial score (nSPS) is 12.1. The fourth-order valence-corrected chi connectivity index (χ4v) is 12.1. The molecule has 0 aliphatic heterocycles.